The second-order valence-electron chi connectivity index (χ2n) is 5.53. The maximum absolute atomic E-state index is 12.8. The van der Waals surface area contributed by atoms with Crippen LogP contribution in [0.4, 0.5) is 13.2 Å². The fraction of sp³-hybridized carbons (Fsp3) is 0.222. The molecule has 3 rings (SSSR count). The Morgan fingerprint density at radius 2 is 1.86 bits per heavy atom. The SMILES string of the molecule is CCOC(=O)c1nnn(-c2ccc(C(F)(F)F)cc2)c1-c1cccc(OC)n1. The molecule has 0 N–H and O–H groups in total. The summed E-state index contributed by atoms with van der Waals surface area (Å²) in [6.07, 6.45) is -4.46. The second kappa shape index (κ2) is 7.67. The van der Waals surface area contributed by atoms with Crippen molar-refractivity contribution in [1.29, 1.82) is 0 Å². The first-order valence-corrected chi connectivity index (χ1v) is 8.17. The highest BCUT2D eigenvalue weighted by molar-refractivity contribution is 5.94. The van der Waals surface area contributed by atoms with Crippen molar-refractivity contribution in [1.82, 2.24) is 20.0 Å². The molecule has 0 fully saturated rings. The number of carbonyl (C=O) groups excluding carboxylic acids is 1. The molecule has 146 valence electrons. The molecule has 2 heterocycles. The predicted molar refractivity (Wildman–Crippen MR) is 92.1 cm³/mol. The third-order valence-corrected chi connectivity index (χ3v) is 3.75. The number of hydrogen-bond acceptors (Lipinski definition) is 6. The molecule has 1 aromatic carbocycles. The highest BCUT2D eigenvalue weighted by atomic mass is 19.4. The molecule has 0 saturated heterocycles. The van der Waals surface area contributed by atoms with Gasteiger partial charge in [-0.2, -0.15) is 13.2 Å². The molecule has 0 radical (unpaired) electrons. The van der Waals surface area contributed by atoms with Gasteiger partial charge in [0.15, 0.2) is 0 Å². The molecular formula is C18H15F3N4O3. The summed E-state index contributed by atoms with van der Waals surface area (Å²) in [7, 11) is 1.43. The van der Waals surface area contributed by atoms with Crippen molar-refractivity contribution in [2.75, 3.05) is 13.7 Å². The maximum atomic E-state index is 12.8. The minimum atomic E-state index is -4.46. The average Bonchev–Trinajstić information content (AvgIpc) is 3.13. The summed E-state index contributed by atoms with van der Waals surface area (Å²) < 4.78 is 49.8. The van der Waals surface area contributed by atoms with E-state index < -0.39 is 17.7 Å². The Bertz CT molecular complexity index is 984. The van der Waals surface area contributed by atoms with E-state index in [0.29, 0.717) is 5.69 Å². The summed E-state index contributed by atoms with van der Waals surface area (Å²) in [4.78, 5) is 16.5. The third-order valence-electron chi connectivity index (χ3n) is 3.75. The average molecular weight is 392 g/mol. The second-order valence-corrected chi connectivity index (χ2v) is 5.53. The van der Waals surface area contributed by atoms with Crippen LogP contribution >= 0.6 is 0 Å². The summed E-state index contributed by atoms with van der Waals surface area (Å²) in [5, 5.41) is 7.77. The Morgan fingerprint density at radius 1 is 1.14 bits per heavy atom. The minimum absolute atomic E-state index is 0.109. The maximum Gasteiger partial charge on any atom is 0.416 e. The molecule has 0 bridgehead atoms. The first-order valence-electron chi connectivity index (χ1n) is 8.17. The largest absolute Gasteiger partial charge is 0.481 e. The van der Waals surface area contributed by atoms with Gasteiger partial charge in [0, 0.05) is 6.07 Å². The van der Waals surface area contributed by atoms with E-state index in [2.05, 4.69) is 15.3 Å². The number of carbonyl (C=O) groups is 1. The van der Waals surface area contributed by atoms with E-state index in [-0.39, 0.29) is 29.6 Å². The molecule has 0 amide bonds. The molecular weight excluding hydrogens is 377 g/mol. The monoisotopic (exact) mass is 392 g/mol. The Balaban J connectivity index is 2.15. The number of benzene rings is 1. The lowest BCUT2D eigenvalue weighted by molar-refractivity contribution is -0.137. The molecule has 0 unspecified atom stereocenters. The number of alkyl halides is 3. The fourth-order valence-electron chi connectivity index (χ4n) is 2.48. The molecule has 2 aromatic heterocycles. The predicted octanol–water partition coefficient (Wildman–Crippen LogP) is 3.53. The van der Waals surface area contributed by atoms with Crippen LogP contribution in [0.15, 0.2) is 42.5 Å². The van der Waals surface area contributed by atoms with Gasteiger partial charge in [-0.05, 0) is 37.3 Å². The van der Waals surface area contributed by atoms with Crippen molar-refractivity contribution in [2.24, 2.45) is 0 Å². The molecule has 0 aliphatic carbocycles. The molecule has 0 aliphatic rings. The molecule has 0 atom stereocenters. The standard InChI is InChI=1S/C18H15F3N4O3/c1-3-28-17(26)15-16(13-5-4-6-14(22-13)27-2)25(24-23-15)12-9-7-11(8-10-12)18(19,20)21/h4-10H,3H2,1-2H3. The van der Waals surface area contributed by atoms with E-state index >= 15 is 0 Å². The summed E-state index contributed by atoms with van der Waals surface area (Å²) in [6.45, 7) is 1.76. The fourth-order valence-corrected chi connectivity index (χ4v) is 2.48. The summed E-state index contributed by atoms with van der Waals surface area (Å²) in [5.74, 6) is -0.437. The molecule has 0 spiro atoms. The van der Waals surface area contributed by atoms with E-state index in [4.69, 9.17) is 9.47 Å². The number of rotatable bonds is 5. The zero-order chi connectivity index (χ0) is 20.3. The number of hydrogen-bond donors (Lipinski definition) is 0. The van der Waals surface area contributed by atoms with Gasteiger partial charge in [0.2, 0.25) is 11.6 Å². The lowest BCUT2D eigenvalue weighted by Gasteiger charge is -2.10. The Kier molecular flexibility index (Phi) is 5.30. The van der Waals surface area contributed by atoms with Crippen molar-refractivity contribution in [3.8, 4) is 23.0 Å². The van der Waals surface area contributed by atoms with Gasteiger partial charge in [-0.3, -0.25) is 0 Å². The van der Waals surface area contributed by atoms with Crippen LogP contribution in [-0.4, -0.2) is 39.7 Å². The summed E-state index contributed by atoms with van der Waals surface area (Å²) in [6, 6.07) is 9.17. The van der Waals surface area contributed by atoms with Crippen molar-refractivity contribution in [3.05, 3.63) is 53.7 Å². The molecule has 10 heteroatoms. The van der Waals surface area contributed by atoms with Crippen LogP contribution in [0.3, 0.4) is 0 Å². The van der Waals surface area contributed by atoms with Crippen molar-refractivity contribution in [3.63, 3.8) is 0 Å². The number of aromatic nitrogens is 4. The Hall–Kier alpha value is -3.43. The topological polar surface area (TPSA) is 79.1 Å². The van der Waals surface area contributed by atoms with Crippen LogP contribution in [0.25, 0.3) is 17.1 Å². The van der Waals surface area contributed by atoms with Crippen molar-refractivity contribution in [2.45, 2.75) is 13.1 Å². The van der Waals surface area contributed by atoms with Gasteiger partial charge >= 0.3 is 12.1 Å². The number of methoxy groups -OCH3 is 1. The number of pyridine rings is 1. The van der Waals surface area contributed by atoms with E-state index in [9.17, 15) is 18.0 Å². The van der Waals surface area contributed by atoms with Gasteiger partial charge in [-0.25, -0.2) is 14.5 Å². The van der Waals surface area contributed by atoms with Crippen LogP contribution in [0.2, 0.25) is 0 Å². The molecule has 0 aliphatic heterocycles. The van der Waals surface area contributed by atoms with Crippen LogP contribution < -0.4 is 4.74 Å². The normalized spacial score (nSPS) is 11.3. The number of ether oxygens (including phenoxy) is 2. The zero-order valence-corrected chi connectivity index (χ0v) is 14.9. The van der Waals surface area contributed by atoms with Crippen LogP contribution in [0, 0.1) is 0 Å². The number of halogens is 3. The van der Waals surface area contributed by atoms with Crippen LogP contribution in [-0.2, 0) is 10.9 Å². The Morgan fingerprint density at radius 3 is 2.46 bits per heavy atom. The van der Waals surface area contributed by atoms with Gasteiger partial charge in [0.05, 0.1) is 30.7 Å². The molecule has 3 aromatic rings. The molecule has 7 nitrogen and oxygen atoms in total. The first-order chi connectivity index (χ1) is 13.3. The van der Waals surface area contributed by atoms with E-state index in [1.165, 1.54) is 23.9 Å². The summed E-state index contributed by atoms with van der Waals surface area (Å²) >= 11 is 0. The lowest BCUT2D eigenvalue weighted by Crippen LogP contribution is -2.09. The minimum Gasteiger partial charge on any atom is -0.481 e. The smallest absolute Gasteiger partial charge is 0.416 e. The van der Waals surface area contributed by atoms with Gasteiger partial charge in [-0.1, -0.05) is 11.3 Å². The van der Waals surface area contributed by atoms with E-state index in [1.807, 2.05) is 0 Å². The van der Waals surface area contributed by atoms with Gasteiger partial charge in [-0.15, -0.1) is 5.10 Å². The quantitative estimate of drug-likeness (QED) is 0.618. The highest BCUT2D eigenvalue weighted by Gasteiger charge is 2.30. The van der Waals surface area contributed by atoms with Crippen molar-refractivity contribution < 1.29 is 27.4 Å². The van der Waals surface area contributed by atoms with Crippen LogP contribution in [0.1, 0.15) is 23.0 Å². The number of esters is 1. The van der Waals surface area contributed by atoms with Gasteiger partial charge in [0.1, 0.15) is 5.69 Å². The van der Waals surface area contributed by atoms with Crippen molar-refractivity contribution >= 4 is 5.97 Å². The van der Waals surface area contributed by atoms with Crippen LogP contribution in [0.5, 0.6) is 5.88 Å². The van der Waals surface area contributed by atoms with E-state index in [1.54, 1.807) is 25.1 Å². The van der Waals surface area contributed by atoms with E-state index in [0.717, 1.165) is 12.1 Å². The zero-order valence-electron chi connectivity index (χ0n) is 14.9. The highest BCUT2D eigenvalue weighted by Crippen LogP contribution is 2.31. The summed E-state index contributed by atoms with van der Waals surface area (Å²) in [5.41, 5.74) is -0.161. The number of nitrogens with zero attached hydrogens (tertiary/aromatic N) is 4. The van der Waals surface area contributed by atoms with Gasteiger partial charge in [0.25, 0.3) is 0 Å². The van der Waals surface area contributed by atoms with Gasteiger partial charge < -0.3 is 9.47 Å². The Labute approximate surface area is 157 Å². The first kappa shape index (κ1) is 19.3. The molecule has 28 heavy (non-hydrogen) atoms. The lowest BCUT2D eigenvalue weighted by atomic mass is 10.1. The molecule has 0 saturated carbocycles. The third kappa shape index (κ3) is 3.80.